The highest BCUT2D eigenvalue weighted by molar-refractivity contribution is 6.29. The summed E-state index contributed by atoms with van der Waals surface area (Å²) in [6, 6.07) is 2.53. The van der Waals surface area contributed by atoms with Gasteiger partial charge in [-0.1, -0.05) is 24.3 Å². The molecule has 1 aliphatic carbocycles. The van der Waals surface area contributed by atoms with Crippen LogP contribution in [0.25, 0.3) is 16.6 Å². The second kappa shape index (κ2) is 11.1. The molecule has 2 aromatic rings. The molecular formula is C29H36ClN5O. The van der Waals surface area contributed by atoms with E-state index in [9.17, 15) is 4.79 Å². The largest absolute Gasteiger partial charge is 0.375 e. The number of amides is 1. The van der Waals surface area contributed by atoms with Gasteiger partial charge in [0.1, 0.15) is 0 Å². The van der Waals surface area contributed by atoms with E-state index in [1.807, 2.05) is 23.4 Å². The number of rotatable bonds is 6. The van der Waals surface area contributed by atoms with E-state index in [1.165, 1.54) is 10.9 Å². The summed E-state index contributed by atoms with van der Waals surface area (Å²) >= 11 is 6.24. The van der Waals surface area contributed by atoms with Gasteiger partial charge in [-0.15, -0.1) is 0 Å². The summed E-state index contributed by atoms with van der Waals surface area (Å²) in [5.74, 6) is 0.647. The van der Waals surface area contributed by atoms with Crippen LogP contribution in [0.15, 0.2) is 66.3 Å². The Morgan fingerprint density at radius 3 is 2.64 bits per heavy atom. The lowest BCUT2D eigenvalue weighted by Gasteiger charge is -2.35. The lowest BCUT2D eigenvalue weighted by molar-refractivity contribution is -0.131. The van der Waals surface area contributed by atoms with E-state index < -0.39 is 0 Å². The fraction of sp³-hybridized carbons (Fsp3) is 0.448. The van der Waals surface area contributed by atoms with E-state index in [4.69, 9.17) is 11.6 Å². The number of carbonyl (C=O) groups excluding carboxylic acids is 1. The van der Waals surface area contributed by atoms with Gasteiger partial charge in [-0.05, 0) is 68.4 Å². The lowest BCUT2D eigenvalue weighted by atomic mass is 9.89. The summed E-state index contributed by atoms with van der Waals surface area (Å²) in [6.07, 6.45) is 19.2. The molecule has 0 saturated carbocycles. The number of fused-ring (bicyclic) bond motifs is 1. The van der Waals surface area contributed by atoms with Crippen molar-refractivity contribution in [2.24, 2.45) is 0 Å². The second-order valence-electron chi connectivity index (χ2n) is 10.2. The second-order valence-corrected chi connectivity index (χ2v) is 10.7. The van der Waals surface area contributed by atoms with Gasteiger partial charge in [0.2, 0.25) is 5.91 Å². The van der Waals surface area contributed by atoms with E-state index in [-0.39, 0.29) is 5.91 Å². The average molecular weight is 506 g/mol. The molecule has 7 heteroatoms. The number of nitrogens with one attached hydrogen (secondary N) is 1. The Labute approximate surface area is 219 Å². The third kappa shape index (κ3) is 5.45. The van der Waals surface area contributed by atoms with E-state index in [2.05, 4.69) is 63.8 Å². The number of likely N-dealkylation sites (tertiary alicyclic amines) is 2. The van der Waals surface area contributed by atoms with Gasteiger partial charge in [-0.2, -0.15) is 0 Å². The Morgan fingerprint density at radius 2 is 1.89 bits per heavy atom. The normalized spacial score (nSPS) is 19.8. The first-order valence-corrected chi connectivity index (χ1v) is 13.5. The topological polar surface area (TPSA) is 53.4 Å². The van der Waals surface area contributed by atoms with Gasteiger partial charge >= 0.3 is 0 Å². The van der Waals surface area contributed by atoms with Gasteiger partial charge in [0.25, 0.3) is 0 Å². The van der Waals surface area contributed by atoms with Gasteiger partial charge in [-0.25, -0.2) is 0 Å². The highest BCUT2D eigenvalue weighted by Crippen LogP contribution is 2.36. The molecule has 1 amide bonds. The van der Waals surface area contributed by atoms with Crippen molar-refractivity contribution in [3.8, 4) is 0 Å². The SMILES string of the molecule is C=C(C)N1CCC(NCC(=O)N2CCC(c3cn(C4=CC=C(Cl)CC=C4)c4cnccc34)CC2)CC1. The molecule has 6 nitrogen and oxygen atoms in total. The number of pyridine rings is 1. The van der Waals surface area contributed by atoms with Gasteiger partial charge in [0.15, 0.2) is 0 Å². The van der Waals surface area contributed by atoms with Crippen LogP contribution in [0.4, 0.5) is 0 Å². The molecule has 2 fully saturated rings. The Bertz CT molecular complexity index is 1210. The van der Waals surface area contributed by atoms with E-state index in [0.29, 0.717) is 18.5 Å². The summed E-state index contributed by atoms with van der Waals surface area (Å²) in [4.78, 5) is 21.7. The van der Waals surface area contributed by atoms with Crippen molar-refractivity contribution in [1.82, 2.24) is 24.7 Å². The third-order valence-corrected chi connectivity index (χ3v) is 8.10. The number of carbonyl (C=O) groups is 1. The fourth-order valence-electron chi connectivity index (χ4n) is 5.64. The van der Waals surface area contributed by atoms with Gasteiger partial charge in [0, 0.05) is 72.8 Å². The maximum Gasteiger partial charge on any atom is 0.236 e. The molecule has 0 unspecified atom stereocenters. The van der Waals surface area contributed by atoms with Crippen molar-refractivity contribution in [1.29, 1.82) is 0 Å². The predicted octanol–water partition coefficient (Wildman–Crippen LogP) is 5.25. The Hall–Kier alpha value is -2.83. The molecule has 3 aliphatic rings. The predicted molar refractivity (Wildman–Crippen MR) is 148 cm³/mol. The summed E-state index contributed by atoms with van der Waals surface area (Å²) < 4.78 is 2.22. The number of nitrogens with zero attached hydrogens (tertiary/aromatic N) is 4. The highest BCUT2D eigenvalue weighted by Gasteiger charge is 2.27. The first-order chi connectivity index (χ1) is 17.5. The van der Waals surface area contributed by atoms with Crippen LogP contribution in [0, 0.1) is 0 Å². The van der Waals surface area contributed by atoms with Gasteiger partial charge in [0.05, 0.1) is 18.3 Å². The van der Waals surface area contributed by atoms with Gasteiger partial charge in [-0.3, -0.25) is 9.78 Å². The molecule has 5 rings (SSSR count). The summed E-state index contributed by atoms with van der Waals surface area (Å²) in [6.45, 7) is 10.2. The van der Waals surface area contributed by atoms with Crippen molar-refractivity contribution in [3.63, 3.8) is 0 Å². The van der Waals surface area contributed by atoms with Crippen molar-refractivity contribution in [3.05, 3.63) is 71.8 Å². The molecular weight excluding hydrogens is 470 g/mol. The number of hydrogen-bond acceptors (Lipinski definition) is 4. The molecule has 4 heterocycles. The van der Waals surface area contributed by atoms with E-state index in [1.54, 1.807) is 0 Å². The number of halogens is 1. The molecule has 0 bridgehead atoms. The molecule has 0 spiro atoms. The molecule has 2 aliphatic heterocycles. The summed E-state index contributed by atoms with van der Waals surface area (Å²) in [5, 5.41) is 5.58. The third-order valence-electron chi connectivity index (χ3n) is 7.82. The zero-order valence-electron chi connectivity index (χ0n) is 21.1. The van der Waals surface area contributed by atoms with Crippen LogP contribution in [-0.2, 0) is 4.79 Å². The molecule has 2 saturated heterocycles. The van der Waals surface area contributed by atoms with Crippen LogP contribution in [0.1, 0.15) is 50.5 Å². The average Bonchev–Trinajstić information content (AvgIpc) is 3.15. The minimum atomic E-state index is 0.222. The standard InChI is InChI=1S/C29H36ClN5O/c1-21(2)33-16-11-24(12-17-33)32-19-29(36)34-14-9-22(10-15-34)27-20-35(28-18-31-13-8-26(27)28)25-5-3-4-23(30)6-7-25/h3,5-8,13,18,20,22,24,32H,1,4,9-12,14-17,19H2,2H3. The summed E-state index contributed by atoms with van der Waals surface area (Å²) in [5.41, 5.74) is 4.67. The molecule has 1 N–H and O–H groups in total. The summed E-state index contributed by atoms with van der Waals surface area (Å²) in [7, 11) is 0. The Morgan fingerprint density at radius 1 is 1.14 bits per heavy atom. The quantitative estimate of drug-likeness (QED) is 0.582. The molecule has 2 aromatic heterocycles. The van der Waals surface area contributed by atoms with Gasteiger partial charge < -0.3 is 19.7 Å². The van der Waals surface area contributed by atoms with E-state index in [0.717, 1.165) is 80.2 Å². The van der Waals surface area contributed by atoms with Crippen LogP contribution in [0.2, 0.25) is 0 Å². The number of piperidine rings is 2. The van der Waals surface area contributed by atoms with E-state index >= 15 is 0 Å². The first-order valence-electron chi connectivity index (χ1n) is 13.1. The monoisotopic (exact) mass is 505 g/mol. The zero-order chi connectivity index (χ0) is 25.1. The molecule has 0 radical (unpaired) electrons. The zero-order valence-corrected chi connectivity index (χ0v) is 21.9. The maximum absolute atomic E-state index is 12.9. The van der Waals surface area contributed by atoms with Crippen LogP contribution in [0.3, 0.4) is 0 Å². The minimum absolute atomic E-state index is 0.222. The molecule has 190 valence electrons. The van der Waals surface area contributed by atoms with Crippen molar-refractivity contribution < 1.29 is 4.79 Å². The van der Waals surface area contributed by atoms with Crippen molar-refractivity contribution >= 4 is 34.1 Å². The van der Waals surface area contributed by atoms with Crippen molar-refractivity contribution in [2.75, 3.05) is 32.7 Å². The van der Waals surface area contributed by atoms with Crippen LogP contribution < -0.4 is 5.32 Å². The van der Waals surface area contributed by atoms with Crippen LogP contribution in [-0.4, -0.2) is 64.0 Å². The number of hydrogen-bond donors (Lipinski definition) is 1. The smallest absolute Gasteiger partial charge is 0.236 e. The lowest BCUT2D eigenvalue weighted by Crippen LogP contribution is -2.47. The number of allylic oxidation sites excluding steroid dienone is 7. The van der Waals surface area contributed by atoms with Crippen LogP contribution in [0.5, 0.6) is 0 Å². The Balaban J connectivity index is 1.21. The van der Waals surface area contributed by atoms with Crippen molar-refractivity contribution in [2.45, 2.75) is 51.0 Å². The molecule has 0 aromatic carbocycles. The van der Waals surface area contributed by atoms with Crippen LogP contribution >= 0.6 is 11.6 Å². The molecule has 0 atom stereocenters. The Kier molecular flexibility index (Phi) is 7.63. The number of aromatic nitrogens is 2. The first kappa shape index (κ1) is 24.8. The minimum Gasteiger partial charge on any atom is -0.375 e. The highest BCUT2D eigenvalue weighted by atomic mass is 35.5. The fourth-order valence-corrected chi connectivity index (χ4v) is 5.79. The maximum atomic E-state index is 12.9. The molecule has 36 heavy (non-hydrogen) atoms.